The SMILES string of the molecule is C=CC(=O)N1CCC(N[C@H]2CCc3cc(-c4nc5ccc(-c6cn[nH]c6)nn5c4-c4ccccc4)ccc32)CC1. The van der Waals surface area contributed by atoms with Gasteiger partial charge in [0.25, 0.3) is 0 Å². The number of carbonyl (C=O) groups is 1. The lowest BCUT2D eigenvalue weighted by molar-refractivity contribution is -0.127. The molecule has 0 spiro atoms. The van der Waals surface area contributed by atoms with Gasteiger partial charge in [0.05, 0.1) is 17.6 Å². The molecular formula is C32H31N7O. The van der Waals surface area contributed by atoms with Gasteiger partial charge in [0, 0.05) is 48.1 Å². The minimum Gasteiger partial charge on any atom is -0.339 e. The summed E-state index contributed by atoms with van der Waals surface area (Å²) in [4.78, 5) is 18.9. The van der Waals surface area contributed by atoms with Crippen LogP contribution >= 0.6 is 0 Å². The molecule has 1 aliphatic heterocycles. The standard InChI is InChI=1S/C32H31N7O/c1-2-30(40)38-16-14-25(15-17-38)35-28-11-9-22-18-23(8-10-26(22)28)31-32(21-6-4-3-5-7-21)39-29(36-31)13-12-27(37-39)24-19-33-34-20-24/h2-8,10,12-13,18-20,25,28,35H,1,9,11,14-17H2,(H,33,34)/t28-/m0/s1. The van der Waals surface area contributed by atoms with Crippen molar-refractivity contribution in [1.29, 1.82) is 0 Å². The van der Waals surface area contributed by atoms with Crippen LogP contribution in [0.1, 0.15) is 36.4 Å². The van der Waals surface area contributed by atoms with E-state index < -0.39 is 0 Å². The number of likely N-dealkylation sites (tertiary alicyclic amines) is 1. The maximum absolute atomic E-state index is 11.9. The van der Waals surface area contributed by atoms with Crippen molar-refractivity contribution in [3.8, 4) is 33.8 Å². The van der Waals surface area contributed by atoms with Gasteiger partial charge >= 0.3 is 0 Å². The molecule has 40 heavy (non-hydrogen) atoms. The van der Waals surface area contributed by atoms with Crippen LogP contribution in [0.25, 0.3) is 39.4 Å². The van der Waals surface area contributed by atoms with E-state index in [0.29, 0.717) is 12.1 Å². The van der Waals surface area contributed by atoms with E-state index in [1.807, 2.05) is 33.8 Å². The van der Waals surface area contributed by atoms with E-state index in [9.17, 15) is 4.79 Å². The highest BCUT2D eigenvalue weighted by atomic mass is 16.2. The molecule has 1 atom stereocenters. The number of benzene rings is 2. The number of carbonyl (C=O) groups excluding carboxylic acids is 1. The fourth-order valence-corrected chi connectivity index (χ4v) is 6.15. The summed E-state index contributed by atoms with van der Waals surface area (Å²) in [5, 5.41) is 15.8. The molecule has 5 aromatic rings. The van der Waals surface area contributed by atoms with Crippen LogP contribution in [0.5, 0.6) is 0 Å². The quantitative estimate of drug-likeness (QED) is 0.295. The van der Waals surface area contributed by atoms with Crippen LogP contribution in [0.15, 0.2) is 85.7 Å². The second-order valence-corrected chi connectivity index (χ2v) is 10.6. The van der Waals surface area contributed by atoms with Crippen molar-refractivity contribution in [1.82, 2.24) is 35.0 Å². The molecule has 1 aliphatic carbocycles. The average molecular weight is 530 g/mol. The molecule has 4 heterocycles. The smallest absolute Gasteiger partial charge is 0.245 e. The third kappa shape index (κ3) is 4.40. The Morgan fingerprint density at radius 1 is 1.00 bits per heavy atom. The number of hydrogen-bond acceptors (Lipinski definition) is 5. The van der Waals surface area contributed by atoms with Gasteiger partial charge in [-0.15, -0.1) is 0 Å². The van der Waals surface area contributed by atoms with Gasteiger partial charge in [-0.25, -0.2) is 9.50 Å². The van der Waals surface area contributed by atoms with E-state index in [1.165, 1.54) is 17.2 Å². The van der Waals surface area contributed by atoms with Gasteiger partial charge in [0.2, 0.25) is 5.91 Å². The Morgan fingerprint density at radius 2 is 1.85 bits per heavy atom. The first-order valence-corrected chi connectivity index (χ1v) is 13.9. The van der Waals surface area contributed by atoms with E-state index in [1.54, 1.807) is 6.20 Å². The molecule has 8 nitrogen and oxygen atoms in total. The number of amides is 1. The zero-order chi connectivity index (χ0) is 27.1. The number of aryl methyl sites for hydroxylation is 1. The van der Waals surface area contributed by atoms with Crippen molar-refractivity contribution in [2.75, 3.05) is 13.1 Å². The first kappa shape index (κ1) is 24.5. The minimum atomic E-state index is 0.0342. The second kappa shape index (κ2) is 10.2. The Morgan fingerprint density at radius 3 is 2.62 bits per heavy atom. The molecule has 0 bridgehead atoms. The molecule has 0 radical (unpaired) electrons. The number of rotatable bonds is 6. The number of nitrogens with zero attached hydrogens (tertiary/aromatic N) is 5. The van der Waals surface area contributed by atoms with Crippen molar-refractivity contribution in [2.24, 2.45) is 0 Å². The molecule has 2 N–H and O–H groups in total. The molecule has 1 amide bonds. The highest BCUT2D eigenvalue weighted by Gasteiger charge is 2.28. The third-order valence-electron chi connectivity index (χ3n) is 8.23. The van der Waals surface area contributed by atoms with Crippen LogP contribution in [0.2, 0.25) is 0 Å². The third-order valence-corrected chi connectivity index (χ3v) is 8.23. The number of imidazole rings is 1. The zero-order valence-electron chi connectivity index (χ0n) is 22.3. The van der Waals surface area contributed by atoms with Gasteiger partial charge in [0.15, 0.2) is 5.65 Å². The predicted octanol–water partition coefficient (Wildman–Crippen LogP) is 5.21. The van der Waals surface area contributed by atoms with E-state index in [0.717, 1.165) is 78.2 Å². The molecule has 3 aromatic heterocycles. The van der Waals surface area contributed by atoms with Crippen molar-refractivity contribution < 1.29 is 4.79 Å². The molecule has 1 saturated heterocycles. The van der Waals surface area contributed by atoms with Gasteiger partial charge in [0.1, 0.15) is 5.69 Å². The van der Waals surface area contributed by atoms with Crippen molar-refractivity contribution in [3.63, 3.8) is 0 Å². The van der Waals surface area contributed by atoms with Gasteiger partial charge < -0.3 is 10.2 Å². The molecule has 2 aliphatic rings. The molecule has 200 valence electrons. The summed E-state index contributed by atoms with van der Waals surface area (Å²) in [6.45, 7) is 5.19. The Hall–Kier alpha value is -4.56. The molecule has 0 saturated carbocycles. The van der Waals surface area contributed by atoms with Crippen LogP contribution < -0.4 is 5.32 Å². The first-order valence-electron chi connectivity index (χ1n) is 13.9. The summed E-state index contributed by atoms with van der Waals surface area (Å²) in [5.41, 5.74) is 9.41. The average Bonchev–Trinajstić information content (AvgIpc) is 3.76. The van der Waals surface area contributed by atoms with Crippen molar-refractivity contribution in [3.05, 3.63) is 96.8 Å². The number of nitrogens with one attached hydrogen (secondary N) is 2. The maximum atomic E-state index is 11.9. The fourth-order valence-electron chi connectivity index (χ4n) is 6.15. The molecular weight excluding hydrogens is 498 g/mol. The molecule has 8 heteroatoms. The summed E-state index contributed by atoms with van der Waals surface area (Å²) in [6.07, 6.45) is 9.10. The van der Waals surface area contributed by atoms with E-state index in [4.69, 9.17) is 10.1 Å². The molecule has 1 fully saturated rings. The summed E-state index contributed by atoms with van der Waals surface area (Å²) in [6, 6.07) is 21.9. The highest BCUT2D eigenvalue weighted by molar-refractivity contribution is 5.87. The molecule has 2 aromatic carbocycles. The van der Waals surface area contributed by atoms with E-state index in [2.05, 4.69) is 64.6 Å². The summed E-state index contributed by atoms with van der Waals surface area (Å²) in [5.74, 6) is 0.0342. The van der Waals surface area contributed by atoms with Crippen LogP contribution in [-0.2, 0) is 11.2 Å². The number of fused-ring (bicyclic) bond motifs is 2. The number of aromatic amines is 1. The summed E-state index contributed by atoms with van der Waals surface area (Å²) < 4.78 is 1.95. The number of H-pyrrole nitrogens is 1. The second-order valence-electron chi connectivity index (χ2n) is 10.6. The first-order chi connectivity index (χ1) is 19.7. The molecule has 0 unspecified atom stereocenters. The van der Waals surface area contributed by atoms with Crippen LogP contribution in [0.4, 0.5) is 0 Å². The zero-order valence-corrected chi connectivity index (χ0v) is 22.3. The number of aromatic nitrogens is 5. The predicted molar refractivity (Wildman–Crippen MR) is 155 cm³/mol. The fraction of sp³-hybridized carbons (Fsp3) is 0.250. The van der Waals surface area contributed by atoms with E-state index >= 15 is 0 Å². The van der Waals surface area contributed by atoms with Crippen LogP contribution in [0, 0.1) is 0 Å². The molecule has 7 rings (SSSR count). The highest BCUT2D eigenvalue weighted by Crippen LogP contribution is 2.38. The maximum Gasteiger partial charge on any atom is 0.245 e. The summed E-state index contributed by atoms with van der Waals surface area (Å²) in [7, 11) is 0. The topological polar surface area (TPSA) is 91.2 Å². The van der Waals surface area contributed by atoms with Crippen LogP contribution in [0.3, 0.4) is 0 Å². The summed E-state index contributed by atoms with van der Waals surface area (Å²) >= 11 is 0. The van der Waals surface area contributed by atoms with Crippen molar-refractivity contribution in [2.45, 2.75) is 37.8 Å². The van der Waals surface area contributed by atoms with Gasteiger partial charge in [-0.05, 0) is 61.1 Å². The largest absolute Gasteiger partial charge is 0.339 e. The Bertz CT molecular complexity index is 1680. The van der Waals surface area contributed by atoms with Crippen LogP contribution in [-0.4, -0.2) is 54.7 Å². The normalized spacial score (nSPS) is 17.3. The van der Waals surface area contributed by atoms with E-state index in [-0.39, 0.29) is 5.91 Å². The van der Waals surface area contributed by atoms with Crippen molar-refractivity contribution >= 4 is 11.6 Å². The number of piperidine rings is 1. The Balaban J connectivity index is 1.20. The minimum absolute atomic E-state index is 0.0342. The Kier molecular flexibility index (Phi) is 6.24. The lowest BCUT2D eigenvalue weighted by Gasteiger charge is -2.33. The monoisotopic (exact) mass is 529 g/mol. The lowest BCUT2D eigenvalue weighted by atomic mass is 9.99. The lowest BCUT2D eigenvalue weighted by Crippen LogP contribution is -2.45. The van der Waals surface area contributed by atoms with Gasteiger partial charge in [-0.3, -0.25) is 9.89 Å². The van der Waals surface area contributed by atoms with Gasteiger partial charge in [-0.1, -0.05) is 49.0 Å². The number of hydrogen-bond donors (Lipinski definition) is 2. The van der Waals surface area contributed by atoms with Gasteiger partial charge in [-0.2, -0.15) is 10.2 Å². The Labute approximate surface area is 232 Å².